The Morgan fingerprint density at radius 3 is 2.44 bits per heavy atom. The molecule has 4 rings (SSSR count). The van der Waals surface area contributed by atoms with Crippen LogP contribution in [0.25, 0.3) is 0 Å². The van der Waals surface area contributed by atoms with Gasteiger partial charge in [0.15, 0.2) is 0 Å². The first-order valence-electron chi connectivity index (χ1n) is 10.5. The number of rotatable bonds is 7. The highest BCUT2D eigenvalue weighted by Gasteiger charge is 2.23. The monoisotopic (exact) mass is 437 g/mol. The van der Waals surface area contributed by atoms with Gasteiger partial charge in [-0.2, -0.15) is 0 Å². The Hall–Kier alpha value is -3.75. The highest BCUT2D eigenvalue weighted by molar-refractivity contribution is 6.00. The average molecular weight is 437 g/mol. The molecule has 3 aromatic rings. The lowest BCUT2D eigenvalue weighted by Gasteiger charge is -2.28. The predicted octanol–water partition coefficient (Wildman–Crippen LogP) is 4.35. The van der Waals surface area contributed by atoms with Gasteiger partial charge in [0, 0.05) is 12.1 Å². The number of nitrogens with two attached hydrogens (primary N) is 1. The Kier molecular flexibility index (Phi) is 6.44. The fraction of sp³-hybridized carbons (Fsp3) is 0.304. The Balaban J connectivity index is 1.32. The number of nitrogens with zero attached hydrogens (tertiary/aromatic N) is 2. The van der Waals surface area contributed by atoms with Crippen LogP contribution in [0.15, 0.2) is 52.9 Å². The van der Waals surface area contributed by atoms with Gasteiger partial charge in [-0.25, -0.2) is 4.39 Å². The van der Waals surface area contributed by atoms with Gasteiger partial charge < -0.3 is 20.8 Å². The van der Waals surface area contributed by atoms with Crippen molar-refractivity contribution in [3.05, 3.63) is 65.8 Å². The van der Waals surface area contributed by atoms with Crippen molar-refractivity contribution in [3.8, 4) is 0 Å². The zero-order chi connectivity index (χ0) is 22.5. The molecule has 1 aliphatic carbocycles. The molecule has 166 valence electrons. The van der Waals surface area contributed by atoms with E-state index in [2.05, 4.69) is 20.8 Å². The number of halogens is 1. The summed E-state index contributed by atoms with van der Waals surface area (Å²) in [6.07, 6.45) is 4.48. The standard InChI is InChI=1S/C23H24FN5O3/c24-18-3-1-2-4-19(18)27-23-29-28-22(32-23)21(31)26-17-11-9-16(10-12-17)15-7-5-14(6-8-15)13-20(25)30/h1-4,9-12,14-15H,5-8,13H2,(H2,25,30)(H,26,31)(H,27,29). The highest BCUT2D eigenvalue weighted by Crippen LogP contribution is 2.37. The first-order chi connectivity index (χ1) is 15.5. The first-order valence-corrected chi connectivity index (χ1v) is 10.5. The second-order valence-corrected chi connectivity index (χ2v) is 7.98. The van der Waals surface area contributed by atoms with E-state index >= 15 is 0 Å². The van der Waals surface area contributed by atoms with Crippen molar-refractivity contribution in [2.24, 2.45) is 11.7 Å². The minimum Gasteiger partial charge on any atom is -0.399 e. The van der Waals surface area contributed by atoms with Crippen LogP contribution in [0.4, 0.5) is 21.8 Å². The van der Waals surface area contributed by atoms with Crippen LogP contribution in [-0.2, 0) is 4.79 Å². The number of primary amides is 1. The summed E-state index contributed by atoms with van der Waals surface area (Å²) in [6, 6.07) is 13.6. The first kappa shape index (κ1) is 21.5. The van der Waals surface area contributed by atoms with E-state index in [1.165, 1.54) is 17.7 Å². The number of hydrogen-bond donors (Lipinski definition) is 3. The molecule has 32 heavy (non-hydrogen) atoms. The summed E-state index contributed by atoms with van der Waals surface area (Å²) < 4.78 is 19.0. The van der Waals surface area contributed by atoms with Gasteiger partial charge in [-0.15, -0.1) is 5.10 Å². The largest absolute Gasteiger partial charge is 0.399 e. The summed E-state index contributed by atoms with van der Waals surface area (Å²) in [4.78, 5) is 23.5. The predicted molar refractivity (Wildman–Crippen MR) is 117 cm³/mol. The van der Waals surface area contributed by atoms with Gasteiger partial charge >= 0.3 is 17.8 Å². The van der Waals surface area contributed by atoms with E-state index in [1.54, 1.807) is 12.1 Å². The minimum atomic E-state index is -0.557. The lowest BCUT2D eigenvalue weighted by atomic mass is 9.77. The lowest BCUT2D eigenvalue weighted by molar-refractivity contribution is -0.119. The third-order valence-electron chi connectivity index (χ3n) is 5.71. The normalized spacial score (nSPS) is 18.2. The van der Waals surface area contributed by atoms with E-state index in [-0.39, 0.29) is 23.5 Å². The number of para-hydroxylation sites is 1. The van der Waals surface area contributed by atoms with Crippen LogP contribution in [-0.4, -0.2) is 22.0 Å². The Labute approximate surface area is 184 Å². The molecule has 4 N–H and O–H groups in total. The molecule has 0 atom stereocenters. The van der Waals surface area contributed by atoms with Crippen molar-refractivity contribution in [1.82, 2.24) is 10.2 Å². The van der Waals surface area contributed by atoms with Crippen LogP contribution in [0, 0.1) is 11.7 Å². The number of amides is 2. The van der Waals surface area contributed by atoms with Crippen molar-refractivity contribution in [1.29, 1.82) is 0 Å². The van der Waals surface area contributed by atoms with E-state index < -0.39 is 11.7 Å². The van der Waals surface area contributed by atoms with Gasteiger partial charge in [0.25, 0.3) is 0 Å². The zero-order valence-corrected chi connectivity index (χ0v) is 17.4. The second-order valence-electron chi connectivity index (χ2n) is 7.98. The van der Waals surface area contributed by atoms with Gasteiger partial charge in [-0.05, 0) is 67.3 Å². The molecule has 1 aromatic heterocycles. The number of anilines is 3. The molecule has 1 aliphatic rings. The molecular weight excluding hydrogens is 413 g/mol. The average Bonchev–Trinajstić information content (AvgIpc) is 3.25. The maximum Gasteiger partial charge on any atom is 0.320 e. The van der Waals surface area contributed by atoms with Gasteiger partial charge in [-0.3, -0.25) is 9.59 Å². The molecule has 2 amide bonds. The Morgan fingerprint density at radius 1 is 1.03 bits per heavy atom. The molecule has 0 bridgehead atoms. The molecular formula is C23H24FN5O3. The van der Waals surface area contributed by atoms with Crippen molar-refractivity contribution < 1.29 is 18.4 Å². The summed E-state index contributed by atoms with van der Waals surface area (Å²) in [7, 11) is 0. The smallest absolute Gasteiger partial charge is 0.320 e. The molecule has 1 heterocycles. The van der Waals surface area contributed by atoms with E-state index in [1.807, 2.05) is 24.3 Å². The molecule has 8 nitrogen and oxygen atoms in total. The number of carbonyl (C=O) groups excluding carboxylic acids is 2. The van der Waals surface area contributed by atoms with Crippen LogP contribution >= 0.6 is 0 Å². The number of hydrogen-bond acceptors (Lipinski definition) is 6. The summed E-state index contributed by atoms with van der Waals surface area (Å²) in [6.45, 7) is 0. The van der Waals surface area contributed by atoms with Crippen molar-refractivity contribution in [2.75, 3.05) is 10.6 Å². The van der Waals surface area contributed by atoms with Crippen LogP contribution in [0.1, 0.15) is 54.3 Å². The number of benzene rings is 2. The second kappa shape index (κ2) is 9.59. The maximum absolute atomic E-state index is 13.7. The molecule has 0 unspecified atom stereocenters. The Bertz CT molecular complexity index is 1090. The topological polar surface area (TPSA) is 123 Å². The van der Waals surface area contributed by atoms with Gasteiger partial charge in [-0.1, -0.05) is 29.4 Å². The van der Waals surface area contributed by atoms with Crippen LogP contribution in [0.2, 0.25) is 0 Å². The quantitative estimate of drug-likeness (QED) is 0.505. The third kappa shape index (κ3) is 5.29. The Morgan fingerprint density at radius 2 is 1.75 bits per heavy atom. The van der Waals surface area contributed by atoms with E-state index in [0.29, 0.717) is 23.9 Å². The minimum absolute atomic E-state index is 0.0810. The summed E-state index contributed by atoms with van der Waals surface area (Å²) in [5, 5.41) is 12.8. The van der Waals surface area contributed by atoms with Gasteiger partial charge in [0.1, 0.15) is 5.82 Å². The molecule has 9 heteroatoms. The summed E-state index contributed by atoms with van der Waals surface area (Å²) in [5.74, 6) is -0.677. The fourth-order valence-electron chi connectivity index (χ4n) is 4.05. The third-order valence-corrected chi connectivity index (χ3v) is 5.71. The van der Waals surface area contributed by atoms with Crippen molar-refractivity contribution in [3.63, 3.8) is 0 Å². The number of carbonyl (C=O) groups is 2. The van der Waals surface area contributed by atoms with Crippen molar-refractivity contribution in [2.45, 2.75) is 38.0 Å². The fourth-order valence-corrected chi connectivity index (χ4v) is 4.05. The summed E-state index contributed by atoms with van der Waals surface area (Å²) >= 11 is 0. The van der Waals surface area contributed by atoms with Crippen molar-refractivity contribution >= 4 is 29.2 Å². The van der Waals surface area contributed by atoms with Crippen LogP contribution in [0.5, 0.6) is 0 Å². The van der Waals surface area contributed by atoms with E-state index in [4.69, 9.17) is 10.2 Å². The van der Waals surface area contributed by atoms with Crippen LogP contribution < -0.4 is 16.4 Å². The van der Waals surface area contributed by atoms with Gasteiger partial charge in [0.2, 0.25) is 5.91 Å². The molecule has 2 aromatic carbocycles. The maximum atomic E-state index is 13.7. The van der Waals surface area contributed by atoms with Gasteiger partial charge in [0.05, 0.1) is 5.69 Å². The molecule has 0 spiro atoms. The molecule has 0 aliphatic heterocycles. The number of aromatic nitrogens is 2. The zero-order valence-electron chi connectivity index (χ0n) is 17.4. The molecule has 0 radical (unpaired) electrons. The van der Waals surface area contributed by atoms with E-state index in [9.17, 15) is 14.0 Å². The molecule has 0 saturated heterocycles. The molecule has 1 fully saturated rings. The van der Waals surface area contributed by atoms with Crippen LogP contribution in [0.3, 0.4) is 0 Å². The molecule has 1 saturated carbocycles. The SMILES string of the molecule is NC(=O)CC1CCC(c2ccc(NC(=O)c3nnc(Nc4ccccc4F)o3)cc2)CC1. The van der Waals surface area contributed by atoms with E-state index in [0.717, 1.165) is 25.7 Å². The summed E-state index contributed by atoms with van der Waals surface area (Å²) in [5.41, 5.74) is 7.27. The highest BCUT2D eigenvalue weighted by atomic mass is 19.1. The lowest BCUT2D eigenvalue weighted by Crippen LogP contribution is -2.20. The number of nitrogens with one attached hydrogen (secondary N) is 2.